The Morgan fingerprint density at radius 3 is 2.16 bits per heavy atom. The van der Waals surface area contributed by atoms with E-state index in [-0.39, 0.29) is 0 Å². The number of benzene rings is 3. The molecular formula is C30H26ClNO4S. The maximum atomic E-state index is 12.7. The van der Waals surface area contributed by atoms with Gasteiger partial charge in [-0.3, -0.25) is 10.1 Å². The average Bonchev–Trinajstić information content (AvgIpc) is 3.64. The van der Waals surface area contributed by atoms with Crippen LogP contribution in [0.25, 0.3) is 21.6 Å². The fourth-order valence-corrected chi connectivity index (χ4v) is 5.82. The van der Waals surface area contributed by atoms with Gasteiger partial charge in [0.05, 0.1) is 16.0 Å². The third kappa shape index (κ3) is 4.99. The molecule has 4 aromatic rings. The molecule has 1 fully saturated rings. The van der Waals surface area contributed by atoms with Gasteiger partial charge in [-0.15, -0.1) is 11.3 Å². The first-order valence-electron chi connectivity index (χ1n) is 12.0. The highest BCUT2D eigenvalue weighted by Gasteiger charge is 2.51. The van der Waals surface area contributed by atoms with Crippen molar-refractivity contribution in [3.8, 4) is 21.6 Å². The van der Waals surface area contributed by atoms with E-state index in [0.29, 0.717) is 17.9 Å². The molecule has 7 heteroatoms. The van der Waals surface area contributed by atoms with Crippen molar-refractivity contribution in [1.29, 1.82) is 0 Å². The minimum Gasteiger partial charge on any atom is -0.481 e. The van der Waals surface area contributed by atoms with Gasteiger partial charge in [-0.25, -0.2) is 4.79 Å². The van der Waals surface area contributed by atoms with Gasteiger partial charge in [0.2, 0.25) is 0 Å². The fraction of sp³-hybridized carbons (Fsp3) is 0.200. The van der Waals surface area contributed by atoms with Crippen LogP contribution in [0.15, 0.2) is 78.2 Å². The monoisotopic (exact) mass is 531 g/mol. The number of amides is 1. The summed E-state index contributed by atoms with van der Waals surface area (Å²) in [5.74, 6) is -0.748. The maximum Gasteiger partial charge on any atom is 0.412 e. The molecule has 5 nitrogen and oxygen atoms in total. The summed E-state index contributed by atoms with van der Waals surface area (Å²) in [7, 11) is 0. The number of halogens is 1. The van der Waals surface area contributed by atoms with Crippen molar-refractivity contribution < 1.29 is 19.4 Å². The molecule has 1 atom stereocenters. The Morgan fingerprint density at radius 2 is 1.57 bits per heavy atom. The number of ether oxygens (including phenoxy) is 1. The van der Waals surface area contributed by atoms with Crippen LogP contribution in [-0.4, -0.2) is 17.2 Å². The molecule has 1 heterocycles. The van der Waals surface area contributed by atoms with Crippen LogP contribution in [0.2, 0.25) is 5.02 Å². The molecule has 1 amide bonds. The Kier molecular flexibility index (Phi) is 6.80. The van der Waals surface area contributed by atoms with Crippen LogP contribution in [0, 0.1) is 6.92 Å². The van der Waals surface area contributed by atoms with E-state index in [2.05, 4.69) is 5.32 Å². The Bertz CT molecular complexity index is 1460. The zero-order chi connectivity index (χ0) is 26.2. The number of hydrogen-bond donors (Lipinski definition) is 2. The molecule has 0 bridgehead atoms. The quantitative estimate of drug-likeness (QED) is 0.251. The Labute approximate surface area is 224 Å². The molecule has 0 saturated heterocycles. The second-order valence-electron chi connectivity index (χ2n) is 9.36. The van der Waals surface area contributed by atoms with Crippen molar-refractivity contribution in [2.24, 2.45) is 0 Å². The molecule has 1 aliphatic carbocycles. The van der Waals surface area contributed by atoms with E-state index in [1.807, 2.05) is 79.0 Å². The Balaban J connectivity index is 1.30. The first-order valence-corrected chi connectivity index (χ1v) is 13.3. The topological polar surface area (TPSA) is 75.6 Å². The highest BCUT2D eigenvalue weighted by Crippen LogP contribution is 2.48. The lowest BCUT2D eigenvalue weighted by Gasteiger charge is -2.16. The van der Waals surface area contributed by atoms with Crippen molar-refractivity contribution >= 4 is 40.7 Å². The molecule has 1 saturated carbocycles. The van der Waals surface area contributed by atoms with E-state index < -0.39 is 23.6 Å². The first kappa shape index (κ1) is 25.1. The third-order valence-electron chi connectivity index (χ3n) is 6.91. The number of nitrogens with one attached hydrogen (secondary N) is 1. The van der Waals surface area contributed by atoms with Crippen molar-refractivity contribution in [3.05, 3.63) is 99.9 Å². The zero-order valence-corrected chi connectivity index (χ0v) is 22.0. The van der Waals surface area contributed by atoms with Crippen LogP contribution in [0.5, 0.6) is 0 Å². The average molecular weight is 532 g/mol. The molecule has 0 radical (unpaired) electrons. The van der Waals surface area contributed by atoms with E-state index in [1.54, 1.807) is 24.3 Å². The van der Waals surface area contributed by atoms with Gasteiger partial charge in [0.25, 0.3) is 0 Å². The second kappa shape index (κ2) is 10.0. The number of hydrogen-bond acceptors (Lipinski definition) is 4. The van der Waals surface area contributed by atoms with Gasteiger partial charge in [-0.1, -0.05) is 78.3 Å². The van der Waals surface area contributed by atoms with E-state index in [9.17, 15) is 14.7 Å². The van der Waals surface area contributed by atoms with Gasteiger partial charge in [0.15, 0.2) is 0 Å². The fourth-order valence-electron chi connectivity index (χ4n) is 4.52. The summed E-state index contributed by atoms with van der Waals surface area (Å²) < 4.78 is 5.60. The number of aliphatic carboxylic acids is 1. The largest absolute Gasteiger partial charge is 0.481 e. The first-order chi connectivity index (χ1) is 17.8. The number of carboxylic acid groups (broad SMARTS) is 1. The molecule has 1 unspecified atom stereocenters. The zero-order valence-electron chi connectivity index (χ0n) is 20.5. The second-order valence-corrected chi connectivity index (χ2v) is 10.6. The highest BCUT2D eigenvalue weighted by atomic mass is 35.5. The lowest BCUT2D eigenvalue weighted by Crippen LogP contribution is -2.19. The van der Waals surface area contributed by atoms with Gasteiger partial charge in [0, 0.05) is 10.6 Å². The molecule has 37 heavy (non-hydrogen) atoms. The number of thiophene rings is 1. The summed E-state index contributed by atoms with van der Waals surface area (Å²) in [5.41, 5.74) is 5.63. The van der Waals surface area contributed by atoms with E-state index in [0.717, 1.165) is 43.9 Å². The summed E-state index contributed by atoms with van der Waals surface area (Å²) in [5, 5.41) is 15.0. The van der Waals surface area contributed by atoms with E-state index in [4.69, 9.17) is 16.3 Å². The number of rotatable bonds is 7. The lowest BCUT2D eigenvalue weighted by atomic mass is 9.93. The van der Waals surface area contributed by atoms with E-state index >= 15 is 0 Å². The van der Waals surface area contributed by atoms with Crippen LogP contribution in [0.4, 0.5) is 10.5 Å². The van der Waals surface area contributed by atoms with Gasteiger partial charge in [0.1, 0.15) is 6.10 Å². The summed E-state index contributed by atoms with van der Waals surface area (Å²) in [4.78, 5) is 25.3. The Hall–Kier alpha value is -3.61. The number of anilines is 1. The molecule has 1 aromatic heterocycles. The normalized spacial score (nSPS) is 14.6. The molecule has 1 aliphatic rings. The summed E-state index contributed by atoms with van der Waals surface area (Å²) in [6, 6.07) is 23.2. The predicted octanol–water partition coefficient (Wildman–Crippen LogP) is 8.47. The van der Waals surface area contributed by atoms with Gasteiger partial charge < -0.3 is 9.84 Å². The van der Waals surface area contributed by atoms with Crippen molar-refractivity contribution in [2.75, 3.05) is 5.32 Å². The smallest absolute Gasteiger partial charge is 0.412 e. The molecule has 0 aliphatic heterocycles. The SMILES string of the molecule is Cc1csc(-c2ccc(-c3ccc(C4(C(=O)O)CC4)cc3)cc2)c1NC(=O)OC(C)c1ccccc1Cl. The van der Waals surface area contributed by atoms with Crippen LogP contribution >= 0.6 is 22.9 Å². The van der Waals surface area contributed by atoms with Crippen molar-refractivity contribution in [1.82, 2.24) is 0 Å². The molecule has 188 valence electrons. The highest BCUT2D eigenvalue weighted by molar-refractivity contribution is 7.14. The summed E-state index contributed by atoms with van der Waals surface area (Å²) in [6.45, 7) is 3.74. The Morgan fingerprint density at radius 1 is 0.973 bits per heavy atom. The van der Waals surface area contributed by atoms with Gasteiger partial charge in [-0.05, 0) is 66.0 Å². The molecule has 3 aromatic carbocycles. The predicted molar refractivity (Wildman–Crippen MR) is 148 cm³/mol. The van der Waals surface area contributed by atoms with Gasteiger partial charge >= 0.3 is 12.1 Å². The van der Waals surface area contributed by atoms with Crippen molar-refractivity contribution in [2.45, 2.75) is 38.2 Å². The lowest BCUT2D eigenvalue weighted by molar-refractivity contribution is -0.140. The molecular weight excluding hydrogens is 506 g/mol. The van der Waals surface area contributed by atoms with Crippen LogP contribution in [-0.2, 0) is 14.9 Å². The summed E-state index contributed by atoms with van der Waals surface area (Å²) >= 11 is 7.80. The standard InChI is InChI=1S/C30H26ClNO4S/c1-18-17-37-27(26(18)32-29(35)36-19(2)24-5-3-4-6-25(24)31)22-9-7-20(8-10-22)21-11-13-23(14-12-21)30(15-16-30)28(33)34/h3-14,17,19H,15-16H2,1-2H3,(H,32,35)(H,33,34). The number of aryl methyl sites for hydroxylation is 1. The summed E-state index contributed by atoms with van der Waals surface area (Å²) in [6.07, 6.45) is 0.354. The van der Waals surface area contributed by atoms with Crippen LogP contribution < -0.4 is 5.32 Å². The molecule has 0 spiro atoms. The third-order valence-corrected chi connectivity index (χ3v) is 8.40. The minimum atomic E-state index is -0.748. The van der Waals surface area contributed by atoms with Crippen LogP contribution in [0.3, 0.4) is 0 Å². The molecule has 2 N–H and O–H groups in total. The number of carbonyl (C=O) groups is 2. The molecule has 5 rings (SSSR count). The maximum absolute atomic E-state index is 12.7. The number of carboxylic acids is 1. The van der Waals surface area contributed by atoms with E-state index in [1.165, 1.54) is 0 Å². The van der Waals surface area contributed by atoms with Gasteiger partial charge in [-0.2, -0.15) is 0 Å². The van der Waals surface area contributed by atoms with Crippen molar-refractivity contribution in [3.63, 3.8) is 0 Å². The van der Waals surface area contributed by atoms with Crippen LogP contribution in [0.1, 0.15) is 42.6 Å². The minimum absolute atomic E-state index is 0.493. The number of carbonyl (C=O) groups excluding carboxylic acids is 1.